The third kappa shape index (κ3) is 3.41. The van der Waals surface area contributed by atoms with Gasteiger partial charge in [0.2, 0.25) is 0 Å². The summed E-state index contributed by atoms with van der Waals surface area (Å²) in [7, 11) is -1.54. The quantitative estimate of drug-likeness (QED) is 0.883. The molecule has 0 bridgehead atoms. The summed E-state index contributed by atoms with van der Waals surface area (Å²) in [4.78, 5) is 12.0. The van der Waals surface area contributed by atoms with Crippen molar-refractivity contribution in [3.05, 3.63) is 24.3 Å². The van der Waals surface area contributed by atoms with Crippen LogP contribution in [0.4, 0.5) is 10.5 Å². The number of carbonyl (C=O) groups is 1. The Bertz CT molecular complexity index is 615. The molecule has 1 aromatic rings. The highest BCUT2D eigenvalue weighted by molar-refractivity contribution is 7.91. The molecule has 6 nitrogen and oxygen atoms in total. The van der Waals surface area contributed by atoms with Crippen molar-refractivity contribution in [2.24, 2.45) is 0 Å². The van der Waals surface area contributed by atoms with Crippen LogP contribution in [0.15, 0.2) is 24.3 Å². The highest BCUT2D eigenvalue weighted by Gasteiger charge is 2.39. The molecule has 0 spiro atoms. The first-order valence-corrected chi connectivity index (χ1v) is 8.08. The summed E-state index contributed by atoms with van der Waals surface area (Å²) in [6.45, 7) is 1.74. The van der Waals surface area contributed by atoms with E-state index in [0.717, 1.165) is 0 Å². The Morgan fingerprint density at radius 1 is 1.35 bits per heavy atom. The molecule has 1 fully saturated rings. The second-order valence-corrected chi connectivity index (χ2v) is 7.37. The summed E-state index contributed by atoms with van der Waals surface area (Å²) in [5.74, 6) is 0.629. The number of carbonyl (C=O) groups excluding carboxylic acids is 1. The monoisotopic (exact) mass is 298 g/mol. The molecule has 1 aliphatic heterocycles. The second kappa shape index (κ2) is 5.32. The molecule has 0 saturated carbocycles. The van der Waals surface area contributed by atoms with Crippen molar-refractivity contribution < 1.29 is 17.9 Å². The summed E-state index contributed by atoms with van der Waals surface area (Å²) < 4.78 is 28.1. The first kappa shape index (κ1) is 14.6. The fourth-order valence-corrected chi connectivity index (χ4v) is 4.38. The average molecular weight is 298 g/mol. The molecule has 1 atom stereocenters. The molecule has 110 valence electrons. The van der Waals surface area contributed by atoms with E-state index in [1.165, 1.54) is 7.11 Å². The Morgan fingerprint density at radius 2 is 2.05 bits per heavy atom. The molecule has 7 heteroatoms. The minimum atomic E-state index is -3.05. The zero-order valence-corrected chi connectivity index (χ0v) is 12.3. The lowest BCUT2D eigenvalue weighted by molar-refractivity contribution is 0.242. The molecular formula is C13H18N2O4S. The maximum Gasteiger partial charge on any atom is 0.319 e. The maximum absolute atomic E-state index is 12.0. The van der Waals surface area contributed by atoms with Crippen LogP contribution in [0, 0.1) is 0 Å². The molecule has 0 aromatic heterocycles. The van der Waals surface area contributed by atoms with Crippen molar-refractivity contribution in [3.63, 3.8) is 0 Å². The summed E-state index contributed by atoms with van der Waals surface area (Å²) in [5.41, 5.74) is -0.178. The number of para-hydroxylation sites is 2. The van der Waals surface area contributed by atoms with Crippen LogP contribution in [0.3, 0.4) is 0 Å². The Kier molecular flexibility index (Phi) is 3.89. The summed E-state index contributed by atoms with van der Waals surface area (Å²) >= 11 is 0. The SMILES string of the molecule is COc1ccccc1NC(=O)NC1(C)CCS(=O)(=O)C1. The Balaban J connectivity index is 2.03. The van der Waals surface area contributed by atoms with Gasteiger partial charge in [-0.05, 0) is 25.5 Å². The zero-order valence-electron chi connectivity index (χ0n) is 11.5. The largest absolute Gasteiger partial charge is 0.495 e. The van der Waals surface area contributed by atoms with E-state index in [2.05, 4.69) is 10.6 Å². The highest BCUT2D eigenvalue weighted by atomic mass is 32.2. The minimum absolute atomic E-state index is 0.0284. The third-order valence-electron chi connectivity index (χ3n) is 3.27. The van der Waals surface area contributed by atoms with Gasteiger partial charge in [-0.2, -0.15) is 0 Å². The lowest BCUT2D eigenvalue weighted by atomic mass is 10.0. The molecule has 2 N–H and O–H groups in total. The highest BCUT2D eigenvalue weighted by Crippen LogP contribution is 2.25. The molecule has 0 radical (unpaired) electrons. The average Bonchev–Trinajstić information content (AvgIpc) is 2.63. The van der Waals surface area contributed by atoms with Crippen LogP contribution in [0.2, 0.25) is 0 Å². The number of hydrogen-bond donors (Lipinski definition) is 2. The van der Waals surface area contributed by atoms with Crippen LogP contribution in [0.1, 0.15) is 13.3 Å². The van der Waals surface area contributed by atoms with E-state index < -0.39 is 21.4 Å². The molecule has 2 rings (SSSR count). The number of amides is 2. The fraction of sp³-hybridized carbons (Fsp3) is 0.462. The Morgan fingerprint density at radius 3 is 2.65 bits per heavy atom. The summed E-state index contributed by atoms with van der Waals surface area (Å²) in [5, 5.41) is 5.40. The molecular weight excluding hydrogens is 280 g/mol. The van der Waals surface area contributed by atoms with Gasteiger partial charge >= 0.3 is 6.03 Å². The van der Waals surface area contributed by atoms with Gasteiger partial charge in [0, 0.05) is 0 Å². The number of urea groups is 1. The molecule has 20 heavy (non-hydrogen) atoms. The lowest BCUT2D eigenvalue weighted by Crippen LogP contribution is -2.48. The van der Waals surface area contributed by atoms with Crippen molar-refractivity contribution in [1.29, 1.82) is 0 Å². The van der Waals surface area contributed by atoms with Crippen LogP contribution < -0.4 is 15.4 Å². The molecule has 1 aliphatic rings. The van der Waals surface area contributed by atoms with Crippen LogP contribution in [-0.2, 0) is 9.84 Å². The van der Waals surface area contributed by atoms with E-state index in [-0.39, 0.29) is 11.5 Å². The molecule has 2 amide bonds. The summed E-state index contributed by atoms with van der Waals surface area (Å²) in [6.07, 6.45) is 0.425. The van der Waals surface area contributed by atoms with E-state index in [1.807, 2.05) is 0 Å². The van der Waals surface area contributed by atoms with E-state index in [4.69, 9.17) is 4.74 Å². The standard InChI is InChI=1S/C13H18N2O4S/c1-13(7-8-20(17,18)9-13)15-12(16)14-10-5-3-4-6-11(10)19-2/h3-6H,7-9H2,1-2H3,(H2,14,15,16). The normalized spacial score (nSPS) is 24.1. The number of methoxy groups -OCH3 is 1. The number of anilines is 1. The molecule has 1 saturated heterocycles. The third-order valence-corrected chi connectivity index (χ3v) is 5.18. The van der Waals surface area contributed by atoms with Gasteiger partial charge in [0.1, 0.15) is 5.75 Å². The van der Waals surface area contributed by atoms with E-state index in [0.29, 0.717) is 17.9 Å². The van der Waals surface area contributed by atoms with Crippen molar-refractivity contribution in [2.45, 2.75) is 18.9 Å². The first-order chi connectivity index (χ1) is 9.34. The van der Waals surface area contributed by atoms with Crippen LogP contribution in [0.25, 0.3) is 0 Å². The summed E-state index contributed by atoms with van der Waals surface area (Å²) in [6, 6.07) is 6.59. The Labute approximate surface area is 118 Å². The number of ether oxygens (including phenoxy) is 1. The van der Waals surface area contributed by atoms with Crippen LogP contribution in [0.5, 0.6) is 5.75 Å². The van der Waals surface area contributed by atoms with Crippen molar-refractivity contribution in [1.82, 2.24) is 5.32 Å². The van der Waals surface area contributed by atoms with E-state index in [1.54, 1.807) is 31.2 Å². The van der Waals surface area contributed by atoms with Gasteiger partial charge in [-0.3, -0.25) is 0 Å². The van der Waals surface area contributed by atoms with Gasteiger partial charge in [0.25, 0.3) is 0 Å². The van der Waals surface area contributed by atoms with Crippen molar-refractivity contribution in [3.8, 4) is 5.75 Å². The van der Waals surface area contributed by atoms with Crippen molar-refractivity contribution in [2.75, 3.05) is 23.9 Å². The number of rotatable bonds is 3. The lowest BCUT2D eigenvalue weighted by Gasteiger charge is -2.24. The van der Waals surface area contributed by atoms with Gasteiger partial charge in [-0.15, -0.1) is 0 Å². The number of hydrogen-bond acceptors (Lipinski definition) is 4. The number of sulfone groups is 1. The Hall–Kier alpha value is -1.76. The van der Waals surface area contributed by atoms with Gasteiger partial charge < -0.3 is 15.4 Å². The van der Waals surface area contributed by atoms with E-state index in [9.17, 15) is 13.2 Å². The van der Waals surface area contributed by atoms with Crippen LogP contribution in [-0.4, -0.2) is 38.6 Å². The molecule has 1 unspecified atom stereocenters. The van der Waals surface area contributed by atoms with Crippen molar-refractivity contribution >= 4 is 21.6 Å². The fourth-order valence-electron chi connectivity index (χ4n) is 2.28. The maximum atomic E-state index is 12.0. The zero-order chi connectivity index (χ0) is 14.8. The molecule has 1 heterocycles. The molecule has 1 aromatic carbocycles. The first-order valence-electron chi connectivity index (χ1n) is 6.26. The predicted octanol–water partition coefficient (Wildman–Crippen LogP) is 1.39. The second-order valence-electron chi connectivity index (χ2n) is 5.18. The topological polar surface area (TPSA) is 84.5 Å². The van der Waals surface area contributed by atoms with Gasteiger partial charge in [-0.25, -0.2) is 13.2 Å². The van der Waals surface area contributed by atoms with Crippen LogP contribution >= 0.6 is 0 Å². The predicted molar refractivity (Wildman–Crippen MR) is 76.8 cm³/mol. The number of benzene rings is 1. The minimum Gasteiger partial charge on any atom is -0.495 e. The van der Waals surface area contributed by atoms with Gasteiger partial charge in [0.15, 0.2) is 9.84 Å². The number of nitrogens with one attached hydrogen (secondary N) is 2. The van der Waals surface area contributed by atoms with E-state index >= 15 is 0 Å². The van der Waals surface area contributed by atoms with Gasteiger partial charge in [-0.1, -0.05) is 12.1 Å². The smallest absolute Gasteiger partial charge is 0.319 e. The molecule has 0 aliphatic carbocycles. The van der Waals surface area contributed by atoms with Gasteiger partial charge in [0.05, 0.1) is 29.8 Å².